The second-order valence-electron chi connectivity index (χ2n) is 4.68. The van der Waals surface area contributed by atoms with Gasteiger partial charge >= 0.3 is 0 Å². The fourth-order valence-corrected chi connectivity index (χ4v) is 1.86. The third-order valence-electron chi connectivity index (χ3n) is 2.89. The summed E-state index contributed by atoms with van der Waals surface area (Å²) < 4.78 is 5.37. The van der Waals surface area contributed by atoms with Crippen molar-refractivity contribution in [3.63, 3.8) is 0 Å². The molecular weight excluding hydrogens is 176 g/mol. The first-order chi connectivity index (χ1) is 6.70. The van der Waals surface area contributed by atoms with E-state index in [1.54, 1.807) is 0 Å². The van der Waals surface area contributed by atoms with E-state index in [0.717, 1.165) is 25.9 Å². The Balaban J connectivity index is 2.03. The Kier molecular flexibility index (Phi) is 5.16. The lowest BCUT2D eigenvalue weighted by molar-refractivity contribution is -0.127. The van der Waals surface area contributed by atoms with Crippen LogP contribution in [0.25, 0.3) is 0 Å². The van der Waals surface area contributed by atoms with Gasteiger partial charge in [0.1, 0.15) is 6.61 Å². The maximum Gasteiger partial charge on any atom is 0.161 e. The largest absolute Gasteiger partial charge is 0.374 e. The lowest BCUT2D eigenvalue weighted by Crippen LogP contribution is -2.18. The zero-order valence-corrected chi connectivity index (χ0v) is 9.42. The summed E-state index contributed by atoms with van der Waals surface area (Å²) >= 11 is 0. The fourth-order valence-electron chi connectivity index (χ4n) is 1.86. The quantitative estimate of drug-likeness (QED) is 0.613. The summed E-state index contributed by atoms with van der Waals surface area (Å²) in [5.41, 5.74) is 0. The second kappa shape index (κ2) is 6.18. The van der Waals surface area contributed by atoms with Crippen LogP contribution in [0.2, 0.25) is 0 Å². The minimum Gasteiger partial charge on any atom is -0.374 e. The van der Waals surface area contributed by atoms with Crippen molar-refractivity contribution >= 4 is 5.78 Å². The van der Waals surface area contributed by atoms with Crippen molar-refractivity contribution in [3.8, 4) is 0 Å². The van der Waals surface area contributed by atoms with E-state index in [-0.39, 0.29) is 0 Å². The van der Waals surface area contributed by atoms with Gasteiger partial charge in [0, 0.05) is 12.5 Å². The molecule has 0 saturated heterocycles. The third kappa shape index (κ3) is 4.23. The average Bonchev–Trinajstić information content (AvgIpc) is 2.64. The van der Waals surface area contributed by atoms with Gasteiger partial charge in [-0.1, -0.05) is 26.7 Å². The van der Waals surface area contributed by atoms with E-state index in [1.165, 1.54) is 12.8 Å². The molecule has 0 unspecified atom stereocenters. The molecule has 0 heterocycles. The normalized spacial score (nSPS) is 17.9. The first-order valence-corrected chi connectivity index (χ1v) is 5.80. The van der Waals surface area contributed by atoms with Crippen LogP contribution in [0.4, 0.5) is 0 Å². The molecule has 14 heavy (non-hydrogen) atoms. The van der Waals surface area contributed by atoms with Gasteiger partial charge in [-0.25, -0.2) is 0 Å². The molecule has 1 fully saturated rings. The average molecular weight is 198 g/mol. The summed E-state index contributed by atoms with van der Waals surface area (Å²) in [6.45, 7) is 5.41. The Morgan fingerprint density at radius 1 is 1.36 bits per heavy atom. The summed E-state index contributed by atoms with van der Waals surface area (Å²) in [4.78, 5) is 11.6. The molecule has 0 aromatic heterocycles. The Morgan fingerprint density at radius 3 is 2.57 bits per heavy atom. The molecule has 0 aromatic rings. The van der Waals surface area contributed by atoms with Gasteiger partial charge in [-0.15, -0.1) is 0 Å². The molecule has 1 aliphatic carbocycles. The molecule has 0 bridgehead atoms. The van der Waals surface area contributed by atoms with E-state index in [0.29, 0.717) is 24.2 Å². The molecule has 1 rings (SSSR count). The Hall–Kier alpha value is -0.370. The topological polar surface area (TPSA) is 26.3 Å². The number of carbonyl (C=O) groups is 1. The van der Waals surface area contributed by atoms with Gasteiger partial charge in [-0.3, -0.25) is 4.79 Å². The van der Waals surface area contributed by atoms with Crippen molar-refractivity contribution in [2.45, 2.75) is 46.0 Å². The predicted molar refractivity (Wildman–Crippen MR) is 57.2 cm³/mol. The van der Waals surface area contributed by atoms with E-state index in [4.69, 9.17) is 4.74 Å². The lowest BCUT2D eigenvalue weighted by Gasteiger charge is -2.09. The minimum absolute atomic E-state index is 0.314. The van der Waals surface area contributed by atoms with E-state index < -0.39 is 0 Å². The van der Waals surface area contributed by atoms with Crippen LogP contribution in [-0.4, -0.2) is 19.0 Å². The lowest BCUT2D eigenvalue weighted by atomic mass is 10.0. The van der Waals surface area contributed by atoms with Gasteiger partial charge in [0.05, 0.1) is 0 Å². The van der Waals surface area contributed by atoms with Crippen molar-refractivity contribution in [1.29, 1.82) is 0 Å². The van der Waals surface area contributed by atoms with Crippen LogP contribution >= 0.6 is 0 Å². The molecule has 1 saturated carbocycles. The monoisotopic (exact) mass is 198 g/mol. The first-order valence-electron chi connectivity index (χ1n) is 5.80. The molecule has 0 aliphatic heterocycles. The van der Waals surface area contributed by atoms with Crippen LogP contribution in [0.1, 0.15) is 46.0 Å². The summed E-state index contributed by atoms with van der Waals surface area (Å²) in [5, 5.41) is 0. The summed E-state index contributed by atoms with van der Waals surface area (Å²) in [5.74, 6) is 1.30. The number of hydrogen-bond donors (Lipinski definition) is 0. The highest BCUT2D eigenvalue weighted by atomic mass is 16.5. The molecule has 0 radical (unpaired) electrons. The van der Waals surface area contributed by atoms with Crippen molar-refractivity contribution < 1.29 is 9.53 Å². The van der Waals surface area contributed by atoms with E-state index >= 15 is 0 Å². The molecule has 1 aliphatic rings. The second-order valence-corrected chi connectivity index (χ2v) is 4.68. The zero-order chi connectivity index (χ0) is 10.4. The molecule has 0 atom stereocenters. The summed E-state index contributed by atoms with van der Waals surface area (Å²) in [6.07, 6.45) is 5.68. The Labute approximate surface area is 87.0 Å². The minimum atomic E-state index is 0.314. The van der Waals surface area contributed by atoms with Gasteiger partial charge in [-0.05, 0) is 25.2 Å². The number of hydrogen-bond acceptors (Lipinski definition) is 2. The van der Waals surface area contributed by atoms with Crippen molar-refractivity contribution in [3.05, 3.63) is 0 Å². The highest BCUT2D eigenvalue weighted by molar-refractivity contribution is 5.82. The number of ether oxygens (including phenoxy) is 1. The standard InChI is InChI=1S/C12H22O2/c1-10(2)7-8-14-9-12(13)11-5-3-4-6-11/h10-11H,3-9H2,1-2H3. The molecule has 2 heteroatoms. The molecular formula is C12H22O2. The van der Waals surface area contributed by atoms with Crippen LogP contribution in [-0.2, 0) is 9.53 Å². The Morgan fingerprint density at radius 2 is 2.00 bits per heavy atom. The van der Waals surface area contributed by atoms with Crippen molar-refractivity contribution in [2.24, 2.45) is 11.8 Å². The number of ketones is 1. The smallest absolute Gasteiger partial charge is 0.161 e. The third-order valence-corrected chi connectivity index (χ3v) is 2.89. The van der Waals surface area contributed by atoms with E-state index in [9.17, 15) is 4.79 Å². The molecule has 0 N–H and O–H groups in total. The first kappa shape index (κ1) is 11.7. The van der Waals surface area contributed by atoms with Gasteiger partial charge in [-0.2, -0.15) is 0 Å². The zero-order valence-electron chi connectivity index (χ0n) is 9.42. The van der Waals surface area contributed by atoms with Crippen LogP contribution in [0, 0.1) is 11.8 Å². The molecule has 82 valence electrons. The highest BCUT2D eigenvalue weighted by Crippen LogP contribution is 2.25. The molecule has 0 amide bonds. The number of Topliss-reactive ketones (excluding diaryl/α,β-unsaturated/α-hetero) is 1. The van der Waals surface area contributed by atoms with Crippen molar-refractivity contribution in [2.75, 3.05) is 13.2 Å². The van der Waals surface area contributed by atoms with Crippen LogP contribution in [0.5, 0.6) is 0 Å². The van der Waals surface area contributed by atoms with E-state index in [2.05, 4.69) is 13.8 Å². The van der Waals surface area contributed by atoms with Crippen molar-refractivity contribution in [1.82, 2.24) is 0 Å². The Bertz CT molecular complexity index is 169. The number of carbonyl (C=O) groups excluding carboxylic acids is 1. The van der Waals surface area contributed by atoms with Gasteiger partial charge < -0.3 is 4.74 Å². The van der Waals surface area contributed by atoms with Crippen LogP contribution < -0.4 is 0 Å². The highest BCUT2D eigenvalue weighted by Gasteiger charge is 2.22. The van der Waals surface area contributed by atoms with Gasteiger partial charge in [0.15, 0.2) is 5.78 Å². The molecule has 2 nitrogen and oxygen atoms in total. The van der Waals surface area contributed by atoms with Gasteiger partial charge in [0.2, 0.25) is 0 Å². The van der Waals surface area contributed by atoms with Crippen LogP contribution in [0.15, 0.2) is 0 Å². The predicted octanol–water partition coefficient (Wildman–Crippen LogP) is 2.81. The number of rotatable bonds is 6. The fraction of sp³-hybridized carbons (Fsp3) is 0.917. The maximum absolute atomic E-state index is 11.6. The SMILES string of the molecule is CC(C)CCOCC(=O)C1CCCC1. The molecule has 0 aromatic carbocycles. The van der Waals surface area contributed by atoms with E-state index in [1.807, 2.05) is 0 Å². The summed E-state index contributed by atoms with van der Waals surface area (Å²) in [7, 11) is 0. The summed E-state index contributed by atoms with van der Waals surface area (Å²) in [6, 6.07) is 0. The van der Waals surface area contributed by atoms with Crippen LogP contribution in [0.3, 0.4) is 0 Å². The van der Waals surface area contributed by atoms with Gasteiger partial charge in [0.25, 0.3) is 0 Å². The maximum atomic E-state index is 11.6. The molecule has 0 spiro atoms.